The van der Waals surface area contributed by atoms with E-state index in [1.54, 1.807) is 12.3 Å². The second kappa shape index (κ2) is 5.17. The topological polar surface area (TPSA) is 42.0 Å². The molecule has 1 amide bonds. The van der Waals surface area contributed by atoms with Crippen molar-refractivity contribution >= 4 is 5.91 Å². The van der Waals surface area contributed by atoms with Gasteiger partial charge in [0.1, 0.15) is 0 Å². The number of allylic oxidation sites excluding steroid dienone is 1. The first-order valence-corrected chi connectivity index (χ1v) is 4.54. The van der Waals surface area contributed by atoms with Crippen molar-refractivity contribution in [1.29, 1.82) is 0 Å². The van der Waals surface area contributed by atoms with Crippen LogP contribution >= 0.6 is 0 Å². The largest absolute Gasteiger partial charge is 0.348 e. The maximum Gasteiger partial charge on any atom is 0.243 e. The van der Waals surface area contributed by atoms with Crippen molar-refractivity contribution in [1.82, 2.24) is 10.3 Å². The number of rotatable bonds is 3. The summed E-state index contributed by atoms with van der Waals surface area (Å²) >= 11 is 0. The summed E-state index contributed by atoms with van der Waals surface area (Å²) in [6.45, 7) is 4.27. The molecule has 1 aromatic heterocycles. The fourth-order valence-corrected chi connectivity index (χ4v) is 1.00. The lowest BCUT2D eigenvalue weighted by atomic mass is 10.2. The zero-order valence-corrected chi connectivity index (χ0v) is 8.45. The molecular weight excluding hydrogens is 176 g/mol. The Morgan fingerprint density at radius 3 is 2.93 bits per heavy atom. The molecule has 0 aliphatic carbocycles. The first-order valence-electron chi connectivity index (χ1n) is 4.54. The lowest BCUT2D eigenvalue weighted by Gasteiger charge is -2.01. The minimum absolute atomic E-state index is 0.0759. The summed E-state index contributed by atoms with van der Waals surface area (Å²) in [6, 6.07) is 3.88. The predicted octanol–water partition coefficient (Wildman–Crippen LogP) is 1.58. The van der Waals surface area contributed by atoms with Crippen LogP contribution in [0.3, 0.4) is 0 Å². The van der Waals surface area contributed by atoms with Gasteiger partial charge in [-0.25, -0.2) is 0 Å². The van der Waals surface area contributed by atoms with Crippen LogP contribution in [0.25, 0.3) is 0 Å². The predicted molar refractivity (Wildman–Crippen MR) is 55.6 cm³/mol. The van der Waals surface area contributed by atoms with Crippen molar-refractivity contribution in [3.63, 3.8) is 0 Å². The van der Waals surface area contributed by atoms with Crippen LogP contribution in [0.1, 0.15) is 18.2 Å². The average molecular weight is 190 g/mol. The minimum Gasteiger partial charge on any atom is -0.348 e. The second-order valence-electron chi connectivity index (χ2n) is 3.03. The maximum absolute atomic E-state index is 11.1. The molecule has 0 unspecified atom stereocenters. The molecule has 14 heavy (non-hydrogen) atoms. The van der Waals surface area contributed by atoms with Crippen LogP contribution in [-0.2, 0) is 11.3 Å². The molecule has 0 aliphatic heterocycles. The number of aromatic nitrogens is 1. The first-order chi connectivity index (χ1) is 6.72. The fourth-order valence-electron chi connectivity index (χ4n) is 1.00. The smallest absolute Gasteiger partial charge is 0.243 e. The quantitative estimate of drug-likeness (QED) is 0.735. The van der Waals surface area contributed by atoms with E-state index in [0.717, 1.165) is 11.3 Å². The molecule has 3 heteroatoms. The van der Waals surface area contributed by atoms with Gasteiger partial charge >= 0.3 is 0 Å². The van der Waals surface area contributed by atoms with E-state index >= 15 is 0 Å². The summed E-state index contributed by atoms with van der Waals surface area (Å²) in [5.74, 6) is -0.0759. The van der Waals surface area contributed by atoms with Crippen LogP contribution < -0.4 is 5.32 Å². The number of nitrogens with zero attached hydrogens (tertiary/aromatic N) is 1. The molecule has 0 spiro atoms. The summed E-state index contributed by atoms with van der Waals surface area (Å²) < 4.78 is 0. The molecule has 0 saturated heterocycles. The fraction of sp³-hybridized carbons (Fsp3) is 0.273. The summed E-state index contributed by atoms with van der Waals surface area (Å²) in [5, 5.41) is 2.75. The number of carbonyl (C=O) groups excluding carboxylic acids is 1. The Morgan fingerprint density at radius 1 is 1.57 bits per heavy atom. The zero-order chi connectivity index (χ0) is 10.4. The van der Waals surface area contributed by atoms with Gasteiger partial charge in [-0.2, -0.15) is 0 Å². The Balaban J connectivity index is 2.46. The van der Waals surface area contributed by atoms with E-state index in [4.69, 9.17) is 0 Å². The van der Waals surface area contributed by atoms with Gasteiger partial charge in [-0.1, -0.05) is 12.1 Å². The van der Waals surface area contributed by atoms with E-state index < -0.39 is 0 Å². The molecule has 0 fully saturated rings. The Morgan fingerprint density at radius 2 is 2.36 bits per heavy atom. The Bertz CT molecular complexity index is 328. The van der Waals surface area contributed by atoms with Gasteiger partial charge in [0.25, 0.3) is 0 Å². The van der Waals surface area contributed by atoms with Crippen LogP contribution in [0.15, 0.2) is 30.5 Å². The van der Waals surface area contributed by atoms with Crippen molar-refractivity contribution < 1.29 is 4.79 Å². The van der Waals surface area contributed by atoms with E-state index in [0.29, 0.717) is 6.54 Å². The van der Waals surface area contributed by atoms with E-state index in [-0.39, 0.29) is 5.91 Å². The highest BCUT2D eigenvalue weighted by molar-refractivity contribution is 5.87. The van der Waals surface area contributed by atoms with Gasteiger partial charge in [-0.15, -0.1) is 0 Å². The number of carbonyl (C=O) groups is 1. The van der Waals surface area contributed by atoms with Gasteiger partial charge in [-0.05, 0) is 31.6 Å². The average Bonchev–Trinajstić information content (AvgIpc) is 2.17. The summed E-state index contributed by atoms with van der Waals surface area (Å²) in [4.78, 5) is 15.2. The SMILES string of the molecule is C/C=C/C(=O)NCc1ccc(C)nc1. The van der Waals surface area contributed by atoms with Crippen LogP contribution in [0.4, 0.5) is 0 Å². The molecule has 0 aliphatic rings. The summed E-state index contributed by atoms with van der Waals surface area (Å²) in [5.41, 5.74) is 1.99. The van der Waals surface area contributed by atoms with Crippen molar-refractivity contribution in [3.8, 4) is 0 Å². The molecule has 0 radical (unpaired) electrons. The molecular formula is C11H14N2O. The van der Waals surface area contributed by atoms with Gasteiger partial charge < -0.3 is 5.32 Å². The first kappa shape index (κ1) is 10.4. The highest BCUT2D eigenvalue weighted by atomic mass is 16.1. The van der Waals surface area contributed by atoms with Gasteiger partial charge in [0.2, 0.25) is 5.91 Å². The number of pyridine rings is 1. The van der Waals surface area contributed by atoms with E-state index in [1.807, 2.05) is 26.0 Å². The number of nitrogens with one attached hydrogen (secondary N) is 1. The third-order valence-electron chi connectivity index (χ3n) is 1.76. The Hall–Kier alpha value is -1.64. The molecule has 74 valence electrons. The summed E-state index contributed by atoms with van der Waals surface area (Å²) in [7, 11) is 0. The molecule has 0 aromatic carbocycles. The normalized spacial score (nSPS) is 10.4. The van der Waals surface area contributed by atoms with Crippen LogP contribution in [0, 0.1) is 6.92 Å². The highest BCUT2D eigenvalue weighted by Gasteiger charge is 1.95. The number of aryl methyl sites for hydroxylation is 1. The van der Waals surface area contributed by atoms with E-state index in [9.17, 15) is 4.79 Å². The van der Waals surface area contributed by atoms with Gasteiger partial charge in [-0.3, -0.25) is 9.78 Å². The molecule has 3 nitrogen and oxygen atoms in total. The van der Waals surface area contributed by atoms with Crippen LogP contribution in [-0.4, -0.2) is 10.9 Å². The van der Waals surface area contributed by atoms with Crippen LogP contribution in [0.5, 0.6) is 0 Å². The standard InChI is InChI=1S/C11H14N2O/c1-3-4-11(14)13-8-10-6-5-9(2)12-7-10/h3-7H,8H2,1-2H3,(H,13,14)/b4-3+. The Labute approximate surface area is 83.9 Å². The zero-order valence-electron chi connectivity index (χ0n) is 8.45. The van der Waals surface area contributed by atoms with Crippen LogP contribution in [0.2, 0.25) is 0 Å². The number of hydrogen-bond acceptors (Lipinski definition) is 2. The van der Waals surface area contributed by atoms with Gasteiger partial charge in [0, 0.05) is 18.4 Å². The monoisotopic (exact) mass is 190 g/mol. The third kappa shape index (κ3) is 3.39. The van der Waals surface area contributed by atoms with Crippen molar-refractivity contribution in [2.75, 3.05) is 0 Å². The van der Waals surface area contributed by atoms with Crippen molar-refractivity contribution in [2.45, 2.75) is 20.4 Å². The lowest BCUT2D eigenvalue weighted by molar-refractivity contribution is -0.116. The molecule has 1 aromatic rings. The molecule has 1 heterocycles. The highest BCUT2D eigenvalue weighted by Crippen LogP contribution is 1.98. The second-order valence-corrected chi connectivity index (χ2v) is 3.03. The molecule has 0 saturated carbocycles. The van der Waals surface area contributed by atoms with Gasteiger partial charge in [0.05, 0.1) is 0 Å². The van der Waals surface area contributed by atoms with E-state index in [2.05, 4.69) is 10.3 Å². The Kier molecular flexibility index (Phi) is 3.85. The molecule has 1 rings (SSSR count). The van der Waals surface area contributed by atoms with Crippen molar-refractivity contribution in [3.05, 3.63) is 41.7 Å². The lowest BCUT2D eigenvalue weighted by Crippen LogP contribution is -2.20. The third-order valence-corrected chi connectivity index (χ3v) is 1.76. The van der Waals surface area contributed by atoms with Crippen molar-refractivity contribution in [2.24, 2.45) is 0 Å². The maximum atomic E-state index is 11.1. The van der Waals surface area contributed by atoms with Gasteiger partial charge in [0.15, 0.2) is 0 Å². The molecule has 1 N–H and O–H groups in total. The number of hydrogen-bond donors (Lipinski definition) is 1. The van der Waals surface area contributed by atoms with E-state index in [1.165, 1.54) is 6.08 Å². The summed E-state index contributed by atoms with van der Waals surface area (Å²) in [6.07, 6.45) is 4.98. The number of amides is 1. The molecule has 0 bridgehead atoms. The minimum atomic E-state index is -0.0759. The molecule has 0 atom stereocenters.